The van der Waals surface area contributed by atoms with Crippen molar-refractivity contribution in [3.05, 3.63) is 53.2 Å². The lowest BCUT2D eigenvalue weighted by molar-refractivity contribution is -0.152. The molecule has 0 aliphatic rings. The molecule has 1 heterocycles. The Kier molecular flexibility index (Phi) is 6.22. The molecule has 0 spiro atoms. The van der Waals surface area contributed by atoms with Gasteiger partial charge in [-0.05, 0) is 74.2 Å². The van der Waals surface area contributed by atoms with E-state index in [1.807, 2.05) is 32.0 Å². The number of esters is 1. The molecule has 29 heavy (non-hydrogen) atoms. The molecule has 0 atom stereocenters. The summed E-state index contributed by atoms with van der Waals surface area (Å²) in [5.74, 6) is -0.207. The van der Waals surface area contributed by atoms with Crippen LogP contribution in [0.3, 0.4) is 0 Å². The Hall–Kier alpha value is -3.28. The molecule has 0 bridgehead atoms. The molecule has 152 valence electrons. The van der Waals surface area contributed by atoms with Crippen LogP contribution in [-0.2, 0) is 20.7 Å². The van der Waals surface area contributed by atoms with E-state index in [0.29, 0.717) is 5.69 Å². The Morgan fingerprint density at radius 1 is 1.07 bits per heavy atom. The average Bonchev–Trinajstić information content (AvgIpc) is 3.07. The average molecular weight is 394 g/mol. The van der Waals surface area contributed by atoms with E-state index in [4.69, 9.17) is 9.47 Å². The monoisotopic (exact) mass is 394 g/mol. The molecule has 0 fully saturated rings. The number of aromatic nitrogens is 1. The van der Waals surface area contributed by atoms with E-state index < -0.39 is 11.9 Å². The van der Waals surface area contributed by atoms with Crippen LogP contribution in [0, 0.1) is 13.8 Å². The highest BCUT2D eigenvalue weighted by atomic mass is 16.5. The topological polar surface area (TPSA) is 80.4 Å². The van der Waals surface area contributed by atoms with Crippen LogP contribution in [0.5, 0.6) is 11.5 Å². The van der Waals surface area contributed by atoms with Gasteiger partial charge in [-0.2, -0.15) is 0 Å². The van der Waals surface area contributed by atoms with Crippen LogP contribution < -0.4 is 10.1 Å². The zero-order valence-electron chi connectivity index (χ0n) is 17.2. The van der Waals surface area contributed by atoms with Gasteiger partial charge in [-0.1, -0.05) is 13.3 Å². The number of aromatic amines is 1. The van der Waals surface area contributed by atoms with Gasteiger partial charge in [0.1, 0.15) is 11.5 Å². The van der Waals surface area contributed by atoms with E-state index in [2.05, 4.69) is 23.4 Å². The Labute approximate surface area is 170 Å². The lowest BCUT2D eigenvalue weighted by Gasteiger charge is -2.14. The minimum absolute atomic E-state index is 0.155. The van der Waals surface area contributed by atoms with Gasteiger partial charge in [0.05, 0.1) is 6.61 Å². The Morgan fingerprint density at radius 2 is 1.79 bits per heavy atom. The van der Waals surface area contributed by atoms with Crippen molar-refractivity contribution in [2.24, 2.45) is 0 Å². The summed E-state index contributed by atoms with van der Waals surface area (Å²) in [7, 11) is 0. The third-order valence-electron chi connectivity index (χ3n) is 4.66. The predicted octanol–water partition coefficient (Wildman–Crippen LogP) is 5.03. The molecular weight excluding hydrogens is 368 g/mol. The SMILES string of the molecule is CCCc1c[nH]c2ccc(Oc3c(C)cc(NC(=O)C(=O)OCC)cc3C)cc12. The first kappa shape index (κ1) is 20.5. The first-order chi connectivity index (χ1) is 13.9. The number of amides is 1. The first-order valence-electron chi connectivity index (χ1n) is 9.80. The molecular formula is C23H26N2O4. The summed E-state index contributed by atoms with van der Waals surface area (Å²) in [6.07, 6.45) is 4.14. The molecule has 3 rings (SSSR count). The molecule has 0 saturated heterocycles. The molecule has 3 aromatic rings. The van der Waals surface area contributed by atoms with Gasteiger partial charge in [-0.25, -0.2) is 4.79 Å². The van der Waals surface area contributed by atoms with Crippen molar-refractivity contribution >= 4 is 28.5 Å². The quantitative estimate of drug-likeness (QED) is 0.454. The standard InChI is InChI=1S/C23H26N2O4/c1-5-7-16-13-24-20-9-8-18(12-19(16)20)29-21-14(3)10-17(11-15(21)4)25-22(26)23(27)28-6-2/h8-13,24H,5-7H2,1-4H3,(H,25,26). The highest BCUT2D eigenvalue weighted by Gasteiger charge is 2.16. The first-order valence-corrected chi connectivity index (χ1v) is 9.80. The Bertz CT molecular complexity index is 1030. The van der Waals surface area contributed by atoms with Crippen LogP contribution in [0.15, 0.2) is 36.5 Å². The zero-order chi connectivity index (χ0) is 21.0. The van der Waals surface area contributed by atoms with Crippen molar-refractivity contribution in [2.45, 2.75) is 40.5 Å². The van der Waals surface area contributed by atoms with Crippen LogP contribution >= 0.6 is 0 Å². The third-order valence-corrected chi connectivity index (χ3v) is 4.66. The molecule has 1 aromatic heterocycles. The van der Waals surface area contributed by atoms with E-state index >= 15 is 0 Å². The zero-order valence-corrected chi connectivity index (χ0v) is 17.2. The summed E-state index contributed by atoms with van der Waals surface area (Å²) >= 11 is 0. The Morgan fingerprint density at radius 3 is 2.45 bits per heavy atom. The van der Waals surface area contributed by atoms with Gasteiger partial charge in [-0.3, -0.25) is 4.79 Å². The van der Waals surface area contributed by atoms with Crippen LogP contribution in [0.4, 0.5) is 5.69 Å². The van der Waals surface area contributed by atoms with Crippen molar-refractivity contribution in [3.8, 4) is 11.5 Å². The van der Waals surface area contributed by atoms with Crippen LogP contribution in [-0.4, -0.2) is 23.5 Å². The van der Waals surface area contributed by atoms with Gasteiger partial charge in [0.2, 0.25) is 0 Å². The number of hydrogen-bond acceptors (Lipinski definition) is 4. The molecule has 0 aliphatic carbocycles. The van der Waals surface area contributed by atoms with Crippen molar-refractivity contribution in [1.82, 2.24) is 4.98 Å². The number of carbonyl (C=O) groups is 2. The Balaban J connectivity index is 1.83. The van der Waals surface area contributed by atoms with E-state index in [1.54, 1.807) is 19.1 Å². The summed E-state index contributed by atoms with van der Waals surface area (Å²) in [6.45, 7) is 7.78. The number of rotatable bonds is 6. The second kappa shape index (κ2) is 8.82. The summed E-state index contributed by atoms with van der Waals surface area (Å²) in [6, 6.07) is 9.55. The molecule has 0 radical (unpaired) electrons. The normalized spacial score (nSPS) is 10.8. The van der Waals surface area contributed by atoms with Crippen molar-refractivity contribution in [3.63, 3.8) is 0 Å². The maximum absolute atomic E-state index is 11.9. The number of fused-ring (bicyclic) bond motifs is 1. The second-order valence-electron chi connectivity index (χ2n) is 6.99. The molecule has 2 N–H and O–H groups in total. The van der Waals surface area contributed by atoms with E-state index in [0.717, 1.165) is 46.4 Å². The van der Waals surface area contributed by atoms with Gasteiger partial charge >= 0.3 is 11.9 Å². The van der Waals surface area contributed by atoms with Crippen LogP contribution in [0.25, 0.3) is 10.9 Å². The molecule has 0 unspecified atom stereocenters. The van der Waals surface area contributed by atoms with Crippen LogP contribution in [0.1, 0.15) is 37.0 Å². The summed E-state index contributed by atoms with van der Waals surface area (Å²) in [5, 5.41) is 3.73. The number of hydrogen-bond donors (Lipinski definition) is 2. The summed E-state index contributed by atoms with van der Waals surface area (Å²) in [5.41, 5.74) is 4.60. The molecule has 0 saturated carbocycles. The molecule has 6 nitrogen and oxygen atoms in total. The lowest BCUT2D eigenvalue weighted by atomic mass is 10.1. The van der Waals surface area contributed by atoms with Crippen molar-refractivity contribution in [1.29, 1.82) is 0 Å². The third kappa shape index (κ3) is 4.59. The fraction of sp³-hybridized carbons (Fsp3) is 0.304. The second-order valence-corrected chi connectivity index (χ2v) is 6.99. The van der Waals surface area contributed by atoms with Gasteiger partial charge in [0, 0.05) is 22.8 Å². The maximum atomic E-state index is 11.9. The number of aryl methyl sites for hydroxylation is 3. The van der Waals surface area contributed by atoms with E-state index in [1.165, 1.54) is 5.56 Å². The van der Waals surface area contributed by atoms with Crippen molar-refractivity contribution < 1.29 is 19.1 Å². The van der Waals surface area contributed by atoms with Gasteiger partial charge in [0.25, 0.3) is 0 Å². The maximum Gasteiger partial charge on any atom is 0.397 e. The molecule has 1 amide bonds. The fourth-order valence-corrected chi connectivity index (χ4v) is 3.38. The molecule has 2 aromatic carbocycles. The molecule has 0 aliphatic heterocycles. The van der Waals surface area contributed by atoms with Gasteiger partial charge in [-0.15, -0.1) is 0 Å². The van der Waals surface area contributed by atoms with Crippen LogP contribution in [0.2, 0.25) is 0 Å². The highest BCUT2D eigenvalue weighted by molar-refractivity contribution is 6.37. The lowest BCUT2D eigenvalue weighted by Crippen LogP contribution is -2.25. The number of nitrogens with one attached hydrogen (secondary N) is 2. The number of carbonyl (C=O) groups excluding carboxylic acids is 2. The van der Waals surface area contributed by atoms with Gasteiger partial charge in [0.15, 0.2) is 0 Å². The largest absolute Gasteiger partial charge is 0.459 e. The summed E-state index contributed by atoms with van der Waals surface area (Å²) < 4.78 is 10.9. The number of H-pyrrole nitrogens is 1. The number of benzene rings is 2. The smallest absolute Gasteiger partial charge is 0.397 e. The van der Waals surface area contributed by atoms with Crippen molar-refractivity contribution in [2.75, 3.05) is 11.9 Å². The predicted molar refractivity (Wildman–Crippen MR) is 114 cm³/mol. The van der Waals surface area contributed by atoms with Gasteiger partial charge < -0.3 is 19.8 Å². The number of ether oxygens (including phenoxy) is 2. The van der Waals surface area contributed by atoms with E-state index in [9.17, 15) is 9.59 Å². The highest BCUT2D eigenvalue weighted by Crippen LogP contribution is 2.33. The fourth-order valence-electron chi connectivity index (χ4n) is 3.38. The van der Waals surface area contributed by atoms with E-state index in [-0.39, 0.29) is 6.61 Å². The minimum atomic E-state index is -0.897. The number of anilines is 1. The summed E-state index contributed by atoms with van der Waals surface area (Å²) in [4.78, 5) is 26.7. The molecule has 6 heteroatoms. The minimum Gasteiger partial charge on any atom is -0.459 e.